The number of carboxylic acids is 1. The number of carboxylic acid groups (broad SMARTS) is 1. The van der Waals surface area contributed by atoms with Crippen molar-refractivity contribution in [3.8, 4) is 0 Å². The summed E-state index contributed by atoms with van der Waals surface area (Å²) in [6.45, 7) is 3.88. The van der Waals surface area contributed by atoms with Crippen molar-refractivity contribution in [3.63, 3.8) is 0 Å². The van der Waals surface area contributed by atoms with Crippen molar-refractivity contribution in [3.05, 3.63) is 35.4 Å². The van der Waals surface area contributed by atoms with E-state index in [4.69, 9.17) is 0 Å². The van der Waals surface area contributed by atoms with Crippen molar-refractivity contribution in [1.82, 2.24) is 4.90 Å². The van der Waals surface area contributed by atoms with Gasteiger partial charge in [-0.2, -0.15) is 0 Å². The van der Waals surface area contributed by atoms with E-state index in [2.05, 4.69) is 4.90 Å². The highest BCUT2D eigenvalue weighted by molar-refractivity contribution is 5.74. The number of hydrogen-bond acceptors (Lipinski definition) is 2. The summed E-state index contributed by atoms with van der Waals surface area (Å²) in [5.74, 6) is -0.699. The van der Waals surface area contributed by atoms with Gasteiger partial charge >= 0.3 is 5.97 Å². The molecule has 1 heterocycles. The van der Waals surface area contributed by atoms with Gasteiger partial charge in [0, 0.05) is 0 Å². The van der Waals surface area contributed by atoms with Gasteiger partial charge in [0.1, 0.15) is 6.04 Å². The third kappa shape index (κ3) is 2.86. The summed E-state index contributed by atoms with van der Waals surface area (Å²) in [4.78, 5) is 13.5. The Morgan fingerprint density at radius 2 is 2.00 bits per heavy atom. The number of carbonyl (C=O) groups is 1. The zero-order valence-corrected chi connectivity index (χ0v) is 10.2. The molecular weight excluding hydrogens is 214 g/mol. The molecule has 0 spiro atoms. The lowest BCUT2D eigenvalue weighted by atomic mass is 10.0. The van der Waals surface area contributed by atoms with Crippen LogP contribution in [0.2, 0.25) is 0 Å². The maximum absolute atomic E-state index is 11.4. The molecular formula is C14H19NO2. The Hall–Kier alpha value is -1.35. The van der Waals surface area contributed by atoms with Crippen LogP contribution in [0.4, 0.5) is 0 Å². The van der Waals surface area contributed by atoms with Gasteiger partial charge in [0.25, 0.3) is 0 Å². The molecule has 0 unspecified atom stereocenters. The van der Waals surface area contributed by atoms with E-state index in [0.717, 1.165) is 31.5 Å². The Morgan fingerprint density at radius 1 is 1.35 bits per heavy atom. The van der Waals surface area contributed by atoms with Crippen LogP contribution in [0.15, 0.2) is 24.3 Å². The van der Waals surface area contributed by atoms with Crippen LogP contribution in [0.1, 0.15) is 24.0 Å². The molecule has 1 aliphatic rings. The highest BCUT2D eigenvalue weighted by Crippen LogP contribution is 2.17. The molecule has 1 fully saturated rings. The normalized spacial score (nSPS) is 18.2. The van der Waals surface area contributed by atoms with Crippen LogP contribution >= 0.6 is 0 Å². The van der Waals surface area contributed by atoms with Gasteiger partial charge in [-0.25, -0.2) is 0 Å². The maximum atomic E-state index is 11.4. The van der Waals surface area contributed by atoms with Crippen molar-refractivity contribution < 1.29 is 9.90 Å². The quantitative estimate of drug-likeness (QED) is 0.865. The largest absolute Gasteiger partial charge is 0.480 e. The summed E-state index contributed by atoms with van der Waals surface area (Å²) < 4.78 is 0. The lowest BCUT2D eigenvalue weighted by Crippen LogP contribution is -2.41. The summed E-state index contributed by atoms with van der Waals surface area (Å²) in [5, 5.41) is 9.34. The van der Waals surface area contributed by atoms with E-state index in [0.29, 0.717) is 6.42 Å². The van der Waals surface area contributed by atoms with E-state index in [9.17, 15) is 9.90 Å². The minimum absolute atomic E-state index is 0.362. The van der Waals surface area contributed by atoms with Gasteiger partial charge in [-0.05, 0) is 50.4 Å². The fourth-order valence-corrected chi connectivity index (χ4v) is 2.47. The highest BCUT2D eigenvalue weighted by Gasteiger charge is 2.28. The van der Waals surface area contributed by atoms with Gasteiger partial charge in [-0.15, -0.1) is 0 Å². The first kappa shape index (κ1) is 12.1. The lowest BCUT2D eigenvalue weighted by Gasteiger charge is -2.24. The van der Waals surface area contributed by atoms with Gasteiger partial charge in [-0.1, -0.05) is 24.3 Å². The second-order valence-corrected chi connectivity index (χ2v) is 4.73. The van der Waals surface area contributed by atoms with E-state index in [1.54, 1.807) is 0 Å². The second-order valence-electron chi connectivity index (χ2n) is 4.73. The molecule has 92 valence electrons. The molecule has 1 aromatic rings. The van der Waals surface area contributed by atoms with Crippen LogP contribution in [0.25, 0.3) is 0 Å². The number of likely N-dealkylation sites (tertiary alicyclic amines) is 1. The Bertz CT molecular complexity index is 397. The first-order valence-electron chi connectivity index (χ1n) is 6.20. The molecule has 1 aromatic carbocycles. The number of benzene rings is 1. The summed E-state index contributed by atoms with van der Waals surface area (Å²) in [7, 11) is 0. The van der Waals surface area contributed by atoms with E-state index in [-0.39, 0.29) is 6.04 Å². The molecule has 0 radical (unpaired) electrons. The molecule has 0 amide bonds. The standard InChI is InChI=1S/C14H19NO2/c1-11-6-2-3-7-12(11)10-13(14(16)17)15-8-4-5-9-15/h2-3,6-7,13H,4-5,8-10H2,1H3,(H,16,17)/t13-/m1/s1. The van der Waals surface area contributed by atoms with E-state index in [1.165, 1.54) is 5.56 Å². The number of nitrogens with zero attached hydrogens (tertiary/aromatic N) is 1. The molecule has 3 heteroatoms. The predicted octanol–water partition coefficient (Wildman–Crippen LogP) is 2.09. The zero-order valence-electron chi connectivity index (χ0n) is 10.2. The fraction of sp³-hybridized carbons (Fsp3) is 0.500. The molecule has 1 aliphatic heterocycles. The van der Waals surface area contributed by atoms with Crippen LogP contribution in [0, 0.1) is 6.92 Å². The summed E-state index contributed by atoms with van der Waals surface area (Å²) in [6.07, 6.45) is 2.86. The number of aryl methyl sites for hydroxylation is 1. The van der Waals surface area contributed by atoms with Crippen LogP contribution < -0.4 is 0 Å². The van der Waals surface area contributed by atoms with Crippen molar-refractivity contribution in [2.75, 3.05) is 13.1 Å². The highest BCUT2D eigenvalue weighted by atomic mass is 16.4. The third-order valence-corrected chi connectivity index (χ3v) is 3.54. The van der Waals surface area contributed by atoms with Crippen LogP contribution in [-0.2, 0) is 11.2 Å². The molecule has 1 atom stereocenters. The smallest absolute Gasteiger partial charge is 0.321 e. The number of hydrogen-bond donors (Lipinski definition) is 1. The topological polar surface area (TPSA) is 40.5 Å². The molecule has 0 bridgehead atoms. The first-order valence-corrected chi connectivity index (χ1v) is 6.20. The summed E-state index contributed by atoms with van der Waals surface area (Å²) in [5.41, 5.74) is 2.32. The van der Waals surface area contributed by atoms with E-state index < -0.39 is 5.97 Å². The van der Waals surface area contributed by atoms with Crippen LogP contribution in [0.3, 0.4) is 0 Å². The SMILES string of the molecule is Cc1ccccc1C[C@H](C(=O)O)N1CCCC1. The van der Waals surface area contributed by atoms with E-state index >= 15 is 0 Å². The molecule has 0 aromatic heterocycles. The summed E-state index contributed by atoms with van der Waals surface area (Å²) in [6, 6.07) is 7.67. The van der Waals surface area contributed by atoms with Gasteiger partial charge in [-0.3, -0.25) is 9.69 Å². The fourth-order valence-electron chi connectivity index (χ4n) is 2.47. The minimum atomic E-state index is -0.699. The second kappa shape index (κ2) is 5.32. The summed E-state index contributed by atoms with van der Waals surface area (Å²) >= 11 is 0. The molecule has 17 heavy (non-hydrogen) atoms. The molecule has 0 saturated carbocycles. The average molecular weight is 233 g/mol. The van der Waals surface area contributed by atoms with Gasteiger partial charge in [0.05, 0.1) is 0 Å². The number of aliphatic carboxylic acids is 1. The Labute approximate surface area is 102 Å². The third-order valence-electron chi connectivity index (χ3n) is 3.54. The van der Waals surface area contributed by atoms with Gasteiger partial charge in [0.2, 0.25) is 0 Å². The van der Waals surface area contributed by atoms with Crippen molar-refractivity contribution >= 4 is 5.97 Å². The Kier molecular flexibility index (Phi) is 3.79. The van der Waals surface area contributed by atoms with Crippen LogP contribution in [-0.4, -0.2) is 35.1 Å². The van der Waals surface area contributed by atoms with Crippen molar-refractivity contribution in [1.29, 1.82) is 0 Å². The van der Waals surface area contributed by atoms with Gasteiger partial charge in [0.15, 0.2) is 0 Å². The Balaban J connectivity index is 2.12. The Morgan fingerprint density at radius 3 is 2.59 bits per heavy atom. The zero-order chi connectivity index (χ0) is 12.3. The van der Waals surface area contributed by atoms with Crippen molar-refractivity contribution in [2.45, 2.75) is 32.2 Å². The van der Waals surface area contributed by atoms with E-state index in [1.807, 2.05) is 31.2 Å². The van der Waals surface area contributed by atoms with Crippen molar-refractivity contribution in [2.24, 2.45) is 0 Å². The lowest BCUT2D eigenvalue weighted by molar-refractivity contribution is -0.142. The molecule has 1 N–H and O–H groups in total. The molecule has 1 saturated heterocycles. The molecule has 2 rings (SSSR count). The maximum Gasteiger partial charge on any atom is 0.321 e. The molecule has 0 aliphatic carbocycles. The predicted molar refractivity (Wildman–Crippen MR) is 67.1 cm³/mol. The molecule has 3 nitrogen and oxygen atoms in total. The average Bonchev–Trinajstić information content (AvgIpc) is 2.81. The minimum Gasteiger partial charge on any atom is -0.480 e. The first-order chi connectivity index (χ1) is 8.18. The van der Waals surface area contributed by atoms with Gasteiger partial charge < -0.3 is 5.11 Å². The number of rotatable bonds is 4. The monoisotopic (exact) mass is 233 g/mol. The van der Waals surface area contributed by atoms with Crippen LogP contribution in [0.5, 0.6) is 0 Å².